The molecule has 25 heavy (non-hydrogen) atoms. The van der Waals surface area contributed by atoms with E-state index in [1.54, 1.807) is 17.4 Å². The third-order valence-corrected chi connectivity index (χ3v) is 5.39. The van der Waals surface area contributed by atoms with Gasteiger partial charge in [-0.1, -0.05) is 18.3 Å². The summed E-state index contributed by atoms with van der Waals surface area (Å²) in [5.74, 6) is 0. The van der Waals surface area contributed by atoms with Crippen molar-refractivity contribution in [2.75, 3.05) is 11.9 Å². The van der Waals surface area contributed by atoms with Gasteiger partial charge in [-0.15, -0.1) is 0 Å². The Bertz CT molecular complexity index is 985. The first-order chi connectivity index (χ1) is 12.1. The summed E-state index contributed by atoms with van der Waals surface area (Å²) in [5.41, 5.74) is 4.93. The number of fused-ring (bicyclic) bond motifs is 1. The minimum Gasteiger partial charge on any atom is -0.359 e. The van der Waals surface area contributed by atoms with E-state index in [0.29, 0.717) is 17.3 Å². The van der Waals surface area contributed by atoms with Crippen LogP contribution >= 0.6 is 23.6 Å². The van der Waals surface area contributed by atoms with Gasteiger partial charge in [0, 0.05) is 16.9 Å². The Kier molecular flexibility index (Phi) is 3.92. The molecule has 3 heterocycles. The molecule has 1 atom stereocenters. The van der Waals surface area contributed by atoms with Crippen LogP contribution in [0.25, 0.3) is 11.3 Å². The van der Waals surface area contributed by atoms with Gasteiger partial charge in [0.25, 0.3) is 0 Å². The Morgan fingerprint density at radius 3 is 2.88 bits per heavy atom. The van der Waals surface area contributed by atoms with Gasteiger partial charge in [-0.05, 0) is 59.1 Å². The monoisotopic (exact) mass is 365 g/mol. The lowest BCUT2D eigenvalue weighted by molar-refractivity contribution is 0.0237. The van der Waals surface area contributed by atoms with Gasteiger partial charge in [0.05, 0.1) is 6.61 Å². The van der Waals surface area contributed by atoms with E-state index in [2.05, 4.69) is 40.8 Å². The molecule has 0 radical (unpaired) electrons. The van der Waals surface area contributed by atoms with Crippen LogP contribution in [0.2, 0.25) is 0 Å². The molecule has 1 aliphatic rings. The minimum atomic E-state index is -0.594. The number of benzene rings is 1. The number of thiophene rings is 1. The van der Waals surface area contributed by atoms with Crippen molar-refractivity contribution in [2.24, 2.45) is 0 Å². The lowest BCUT2D eigenvalue weighted by Gasteiger charge is -2.29. The van der Waals surface area contributed by atoms with Crippen LogP contribution in [0.3, 0.4) is 0 Å². The summed E-state index contributed by atoms with van der Waals surface area (Å²) in [6, 6.07) is 14.0. The molecule has 4 nitrogen and oxygen atoms in total. The van der Waals surface area contributed by atoms with Crippen LogP contribution in [-0.4, -0.2) is 16.6 Å². The summed E-state index contributed by atoms with van der Waals surface area (Å²) in [5, 5.41) is 16.5. The smallest absolute Gasteiger partial charge is 0.119 e. The number of anilines is 1. The molecular formula is C19H15N3OS2. The third-order valence-electron chi connectivity index (χ3n) is 4.49. The van der Waals surface area contributed by atoms with Crippen molar-refractivity contribution < 1.29 is 4.74 Å². The van der Waals surface area contributed by atoms with Crippen LogP contribution < -0.4 is 5.32 Å². The highest BCUT2D eigenvalue weighted by atomic mass is 32.1. The number of aromatic nitrogens is 1. The molecule has 0 fully saturated rings. The van der Waals surface area contributed by atoms with Gasteiger partial charge in [0.1, 0.15) is 22.4 Å². The number of hydrogen-bond donors (Lipinski definition) is 2. The largest absolute Gasteiger partial charge is 0.359 e. The Hall–Kier alpha value is -2.46. The van der Waals surface area contributed by atoms with Crippen molar-refractivity contribution in [1.82, 2.24) is 4.98 Å². The van der Waals surface area contributed by atoms with E-state index in [1.165, 1.54) is 0 Å². The van der Waals surface area contributed by atoms with Crippen molar-refractivity contribution in [3.8, 4) is 17.3 Å². The van der Waals surface area contributed by atoms with Crippen molar-refractivity contribution in [2.45, 2.75) is 12.5 Å². The second-order valence-corrected chi connectivity index (χ2v) is 7.31. The first kappa shape index (κ1) is 16.0. The molecule has 6 heteroatoms. The molecule has 1 aliphatic heterocycles. The van der Waals surface area contributed by atoms with Gasteiger partial charge in [-0.25, -0.2) is 0 Å². The standard InChI is InChI=1S/C19H15N3OS2/c1-19(13-6-7-25-11-13)15-8-12(16-5-3-14(9-20)21-16)2-4-17(15)22-18(24)10-23-19/h2-8,11,21H,10H2,1H3,(H,22,24). The van der Waals surface area contributed by atoms with Crippen LogP contribution in [0.15, 0.2) is 47.2 Å². The molecule has 0 bridgehead atoms. The maximum Gasteiger partial charge on any atom is 0.119 e. The molecule has 124 valence electrons. The predicted molar refractivity (Wildman–Crippen MR) is 104 cm³/mol. The molecular weight excluding hydrogens is 350 g/mol. The number of nitriles is 1. The molecule has 0 saturated heterocycles. The molecule has 0 aliphatic carbocycles. The van der Waals surface area contributed by atoms with E-state index in [-0.39, 0.29) is 0 Å². The van der Waals surface area contributed by atoms with Gasteiger partial charge < -0.3 is 15.0 Å². The first-order valence-corrected chi connectivity index (χ1v) is 9.16. The fraction of sp³-hybridized carbons (Fsp3) is 0.158. The van der Waals surface area contributed by atoms with Crippen molar-refractivity contribution in [1.29, 1.82) is 5.26 Å². The summed E-state index contributed by atoms with van der Waals surface area (Å²) in [4.78, 5) is 3.79. The Balaban J connectivity index is 1.89. The second-order valence-electron chi connectivity index (χ2n) is 6.04. The molecule has 2 N–H and O–H groups in total. The summed E-state index contributed by atoms with van der Waals surface area (Å²) >= 11 is 7.02. The molecule has 1 unspecified atom stereocenters. The number of aromatic amines is 1. The summed E-state index contributed by atoms with van der Waals surface area (Å²) in [6.45, 7) is 2.44. The maximum absolute atomic E-state index is 9.04. The normalized spacial score (nSPS) is 19.6. The van der Waals surface area contributed by atoms with Gasteiger partial charge >= 0.3 is 0 Å². The van der Waals surface area contributed by atoms with Gasteiger partial charge in [0.15, 0.2) is 0 Å². The Labute approximate surface area is 155 Å². The zero-order valence-corrected chi connectivity index (χ0v) is 15.1. The highest BCUT2D eigenvalue weighted by molar-refractivity contribution is 7.80. The zero-order valence-electron chi connectivity index (χ0n) is 13.5. The number of ether oxygens (including phenoxy) is 1. The summed E-state index contributed by atoms with van der Waals surface area (Å²) in [7, 11) is 0. The van der Waals surface area contributed by atoms with Crippen molar-refractivity contribution in [3.05, 3.63) is 64.0 Å². The van der Waals surface area contributed by atoms with Crippen molar-refractivity contribution >= 4 is 34.2 Å². The molecule has 1 aromatic carbocycles. The number of nitrogens with zero attached hydrogens (tertiary/aromatic N) is 1. The Morgan fingerprint density at radius 1 is 1.28 bits per heavy atom. The van der Waals surface area contributed by atoms with E-state index in [0.717, 1.165) is 28.1 Å². The molecule has 0 amide bonds. The average molecular weight is 365 g/mol. The highest BCUT2D eigenvalue weighted by Crippen LogP contribution is 2.41. The van der Waals surface area contributed by atoms with Crippen LogP contribution in [-0.2, 0) is 10.3 Å². The van der Waals surface area contributed by atoms with E-state index < -0.39 is 5.60 Å². The fourth-order valence-electron chi connectivity index (χ4n) is 3.09. The van der Waals surface area contributed by atoms with Crippen LogP contribution in [0.5, 0.6) is 0 Å². The van der Waals surface area contributed by atoms with Crippen molar-refractivity contribution in [3.63, 3.8) is 0 Å². The highest BCUT2D eigenvalue weighted by Gasteiger charge is 2.35. The first-order valence-electron chi connectivity index (χ1n) is 7.80. The van der Waals surface area contributed by atoms with Crippen LogP contribution in [0.1, 0.15) is 23.7 Å². The average Bonchev–Trinajstić information content (AvgIpc) is 3.30. The Morgan fingerprint density at radius 2 is 2.16 bits per heavy atom. The molecule has 4 rings (SSSR count). The number of hydrogen-bond acceptors (Lipinski definition) is 4. The molecule has 0 spiro atoms. The lowest BCUT2D eigenvalue weighted by atomic mass is 9.87. The van der Waals surface area contributed by atoms with E-state index >= 15 is 0 Å². The van der Waals surface area contributed by atoms with E-state index in [9.17, 15) is 0 Å². The fourth-order valence-corrected chi connectivity index (χ4v) is 4.02. The zero-order chi connectivity index (χ0) is 17.4. The topological polar surface area (TPSA) is 60.8 Å². The van der Waals surface area contributed by atoms with E-state index in [1.807, 2.05) is 23.6 Å². The second kappa shape index (κ2) is 6.12. The van der Waals surface area contributed by atoms with Crippen LogP contribution in [0.4, 0.5) is 5.69 Å². The van der Waals surface area contributed by atoms with E-state index in [4.69, 9.17) is 22.2 Å². The third kappa shape index (κ3) is 2.76. The number of rotatable bonds is 2. The quantitative estimate of drug-likeness (QED) is 0.649. The van der Waals surface area contributed by atoms with Gasteiger partial charge in [-0.3, -0.25) is 0 Å². The number of nitrogens with one attached hydrogen (secondary N) is 2. The summed E-state index contributed by atoms with van der Waals surface area (Å²) < 4.78 is 6.23. The number of thiocarbonyl (C=S) groups is 1. The van der Waals surface area contributed by atoms with Crippen LogP contribution in [0, 0.1) is 11.3 Å². The maximum atomic E-state index is 9.04. The van der Waals surface area contributed by atoms with Gasteiger partial charge in [-0.2, -0.15) is 16.6 Å². The molecule has 2 aromatic heterocycles. The summed E-state index contributed by atoms with van der Waals surface area (Å²) in [6.07, 6.45) is 0. The number of H-pyrrole nitrogens is 1. The molecule has 3 aromatic rings. The van der Waals surface area contributed by atoms with Gasteiger partial charge in [0.2, 0.25) is 0 Å². The minimum absolute atomic E-state index is 0.368. The molecule has 0 saturated carbocycles. The SMILES string of the molecule is CC1(c2ccsc2)OCC(=S)Nc2ccc(-c3ccc(C#N)[nH]3)cc21. The predicted octanol–water partition coefficient (Wildman–Crippen LogP) is 4.65. The lowest BCUT2D eigenvalue weighted by Crippen LogP contribution is -2.27.